The fourth-order valence-electron chi connectivity index (χ4n) is 3.59. The van der Waals surface area contributed by atoms with E-state index >= 15 is 0 Å². The molecule has 0 unspecified atom stereocenters. The van der Waals surface area contributed by atoms with Gasteiger partial charge in [0.05, 0.1) is 16.1 Å². The molecule has 0 fully saturated rings. The van der Waals surface area contributed by atoms with Gasteiger partial charge in [0.1, 0.15) is 0 Å². The van der Waals surface area contributed by atoms with Crippen molar-refractivity contribution >= 4 is 32.7 Å². The topological polar surface area (TPSA) is 112 Å². The number of rotatable bonds is 3. The molecular weight excluding hydrogens is 416 g/mol. The largest absolute Gasteiger partial charge is 0.417 e. The van der Waals surface area contributed by atoms with Gasteiger partial charge in [-0.2, -0.15) is 9.40 Å². The highest BCUT2D eigenvalue weighted by Gasteiger charge is 2.31. The number of hydrogen-bond donors (Lipinski definition) is 2. The average molecular weight is 431 g/mol. The fraction of sp³-hybridized carbons (Fsp3) is 0.158. The predicted molar refractivity (Wildman–Crippen MR) is 107 cm³/mol. The quantitative estimate of drug-likeness (QED) is 0.519. The maximum absolute atomic E-state index is 13.2. The first kappa shape index (κ1) is 18.2. The van der Waals surface area contributed by atoms with Gasteiger partial charge in [-0.1, -0.05) is 23.7 Å². The van der Waals surface area contributed by atoms with Gasteiger partial charge in [-0.25, -0.2) is 13.2 Å². The summed E-state index contributed by atoms with van der Waals surface area (Å²) >= 11 is 6.10. The second-order valence-corrected chi connectivity index (χ2v) is 9.18. The third kappa shape index (κ3) is 3.07. The molecule has 10 heteroatoms. The van der Waals surface area contributed by atoms with Gasteiger partial charge in [0, 0.05) is 47.4 Å². The summed E-state index contributed by atoms with van der Waals surface area (Å²) < 4.78 is 32.8. The Balaban J connectivity index is 1.52. The van der Waals surface area contributed by atoms with E-state index < -0.39 is 15.8 Å². The second kappa shape index (κ2) is 6.58. The number of oxazole rings is 1. The summed E-state index contributed by atoms with van der Waals surface area (Å²) in [6.07, 6.45) is 0.517. The second-order valence-electron chi connectivity index (χ2n) is 6.80. The third-order valence-corrected chi connectivity index (χ3v) is 7.10. The molecule has 0 saturated carbocycles. The number of hydrogen-bond acceptors (Lipinski definition) is 5. The highest BCUT2D eigenvalue weighted by Crippen LogP contribution is 2.32. The van der Waals surface area contributed by atoms with Gasteiger partial charge in [0.25, 0.3) is 0 Å². The molecule has 0 amide bonds. The monoisotopic (exact) mass is 430 g/mol. The van der Waals surface area contributed by atoms with Crippen LogP contribution in [0.4, 0.5) is 0 Å². The zero-order valence-corrected chi connectivity index (χ0v) is 16.5. The molecule has 4 aromatic rings. The summed E-state index contributed by atoms with van der Waals surface area (Å²) in [6.45, 7) is 0.507. The molecule has 2 aromatic heterocycles. The minimum atomic E-state index is -3.78. The van der Waals surface area contributed by atoms with Crippen molar-refractivity contribution in [3.63, 3.8) is 0 Å². The molecule has 0 radical (unpaired) electrons. The van der Waals surface area contributed by atoms with Crippen LogP contribution in [0.2, 0.25) is 5.02 Å². The summed E-state index contributed by atoms with van der Waals surface area (Å²) in [5, 5.41) is 7.98. The Morgan fingerprint density at radius 3 is 2.86 bits per heavy atom. The molecule has 0 atom stereocenters. The maximum atomic E-state index is 13.2. The van der Waals surface area contributed by atoms with Crippen LogP contribution in [0.5, 0.6) is 0 Å². The number of H-pyrrole nitrogens is 2. The van der Waals surface area contributed by atoms with Gasteiger partial charge in [-0.15, -0.1) is 0 Å². The molecule has 2 aromatic carbocycles. The van der Waals surface area contributed by atoms with Gasteiger partial charge in [-0.05, 0) is 24.3 Å². The molecule has 8 nitrogen and oxygen atoms in total. The van der Waals surface area contributed by atoms with Crippen molar-refractivity contribution in [2.75, 3.05) is 6.54 Å². The van der Waals surface area contributed by atoms with Crippen molar-refractivity contribution in [2.24, 2.45) is 0 Å². The molecule has 0 bridgehead atoms. The number of benzene rings is 2. The SMILES string of the molecule is O=c1[nH]c2ccc(S(=O)(=O)N3CCc4[nH]nc(-c5cccc(Cl)c5)c4C3)cc2o1. The lowest BCUT2D eigenvalue weighted by molar-refractivity contribution is 0.390. The van der Waals surface area contributed by atoms with E-state index in [4.69, 9.17) is 16.0 Å². The van der Waals surface area contributed by atoms with Gasteiger partial charge in [0.2, 0.25) is 10.0 Å². The van der Waals surface area contributed by atoms with Crippen molar-refractivity contribution < 1.29 is 12.8 Å². The van der Waals surface area contributed by atoms with Gasteiger partial charge in [-0.3, -0.25) is 10.1 Å². The Kier molecular flexibility index (Phi) is 4.12. The molecule has 5 rings (SSSR count). The lowest BCUT2D eigenvalue weighted by atomic mass is 10.0. The average Bonchev–Trinajstić information content (AvgIpc) is 3.29. The van der Waals surface area contributed by atoms with Crippen LogP contribution in [0, 0.1) is 0 Å². The van der Waals surface area contributed by atoms with Crippen molar-refractivity contribution in [3.8, 4) is 11.3 Å². The minimum absolute atomic E-state index is 0.0731. The summed E-state index contributed by atoms with van der Waals surface area (Å²) in [4.78, 5) is 13.9. The predicted octanol–water partition coefficient (Wildman–Crippen LogP) is 2.91. The number of halogens is 1. The summed E-state index contributed by atoms with van der Waals surface area (Å²) in [5.41, 5.74) is 3.92. The Morgan fingerprint density at radius 1 is 1.17 bits per heavy atom. The van der Waals surface area contributed by atoms with Crippen molar-refractivity contribution in [3.05, 3.63) is 69.3 Å². The normalized spacial score (nSPS) is 14.9. The molecule has 0 aliphatic carbocycles. The van der Waals surface area contributed by atoms with Crippen LogP contribution in [0.1, 0.15) is 11.3 Å². The zero-order valence-electron chi connectivity index (χ0n) is 15.0. The molecule has 148 valence electrons. The summed E-state index contributed by atoms with van der Waals surface area (Å²) in [5.74, 6) is -0.623. The van der Waals surface area contributed by atoms with Crippen LogP contribution < -0.4 is 5.76 Å². The Bertz CT molecular complexity index is 1400. The summed E-state index contributed by atoms with van der Waals surface area (Å²) in [6, 6.07) is 11.6. The third-order valence-electron chi connectivity index (χ3n) is 5.03. The number of aromatic amines is 2. The van der Waals surface area contributed by atoms with Crippen LogP contribution in [-0.2, 0) is 23.0 Å². The highest BCUT2D eigenvalue weighted by atomic mass is 35.5. The highest BCUT2D eigenvalue weighted by molar-refractivity contribution is 7.89. The first-order chi connectivity index (χ1) is 13.9. The summed E-state index contributed by atoms with van der Waals surface area (Å²) in [7, 11) is -3.78. The first-order valence-corrected chi connectivity index (χ1v) is 10.7. The van der Waals surface area contributed by atoms with Crippen molar-refractivity contribution in [1.82, 2.24) is 19.5 Å². The van der Waals surface area contributed by atoms with Gasteiger partial charge >= 0.3 is 5.76 Å². The smallest absolute Gasteiger partial charge is 0.408 e. The van der Waals surface area contributed by atoms with Crippen LogP contribution in [0.3, 0.4) is 0 Å². The van der Waals surface area contributed by atoms with E-state index in [0.717, 1.165) is 16.8 Å². The van der Waals surface area contributed by atoms with Crippen LogP contribution >= 0.6 is 11.6 Å². The number of nitrogens with zero attached hydrogens (tertiary/aromatic N) is 2. The molecule has 1 aliphatic rings. The molecule has 2 N–H and O–H groups in total. The van der Waals surface area contributed by atoms with Gasteiger partial charge in [0.15, 0.2) is 5.58 Å². The lowest BCUT2D eigenvalue weighted by Gasteiger charge is -2.26. The van der Waals surface area contributed by atoms with E-state index in [9.17, 15) is 13.2 Å². The van der Waals surface area contributed by atoms with Crippen molar-refractivity contribution in [2.45, 2.75) is 17.9 Å². The van der Waals surface area contributed by atoms with E-state index in [0.29, 0.717) is 29.2 Å². The number of sulfonamides is 1. The molecule has 3 heterocycles. The van der Waals surface area contributed by atoms with Crippen LogP contribution in [0.25, 0.3) is 22.4 Å². The fourth-order valence-corrected chi connectivity index (χ4v) is 5.20. The van der Waals surface area contributed by atoms with E-state index in [2.05, 4.69) is 15.2 Å². The molecule has 1 aliphatic heterocycles. The minimum Gasteiger partial charge on any atom is -0.408 e. The van der Waals surface area contributed by atoms with Gasteiger partial charge < -0.3 is 4.42 Å². The van der Waals surface area contributed by atoms with E-state index in [-0.39, 0.29) is 17.0 Å². The molecule has 0 spiro atoms. The molecule has 29 heavy (non-hydrogen) atoms. The standard InChI is InChI=1S/C19H15ClN4O4S/c20-12-3-1-2-11(8-12)18-14-10-24(7-6-15(14)22-23-18)29(26,27)13-4-5-16-17(9-13)28-19(25)21-16/h1-5,8-9H,6-7,10H2,(H,21,25)(H,22,23). The van der Waals surface area contributed by atoms with E-state index in [1.165, 1.54) is 22.5 Å². The van der Waals surface area contributed by atoms with E-state index in [1.54, 1.807) is 12.1 Å². The Morgan fingerprint density at radius 2 is 2.03 bits per heavy atom. The van der Waals surface area contributed by atoms with Crippen molar-refractivity contribution in [1.29, 1.82) is 0 Å². The molecular formula is C19H15ClN4O4S. The molecule has 0 saturated heterocycles. The van der Waals surface area contributed by atoms with E-state index in [1.807, 2.05) is 12.1 Å². The number of aromatic nitrogens is 3. The van der Waals surface area contributed by atoms with Crippen LogP contribution in [0.15, 0.2) is 56.6 Å². The number of fused-ring (bicyclic) bond motifs is 2. The maximum Gasteiger partial charge on any atom is 0.417 e. The lowest BCUT2D eigenvalue weighted by Crippen LogP contribution is -2.35. The Hall–Kier alpha value is -2.88. The zero-order chi connectivity index (χ0) is 20.2. The first-order valence-electron chi connectivity index (χ1n) is 8.87. The number of nitrogens with one attached hydrogen (secondary N) is 2. The Labute approximate surface area is 170 Å². The van der Waals surface area contributed by atoms with Crippen LogP contribution in [-0.4, -0.2) is 34.4 Å².